The molecule has 0 saturated carbocycles. The van der Waals surface area contributed by atoms with Crippen molar-refractivity contribution >= 4 is 0 Å². The average Bonchev–Trinajstić information content (AvgIpc) is 2.15. The van der Waals surface area contributed by atoms with Gasteiger partial charge in [0, 0.05) is 12.7 Å². The largest absolute Gasteiger partial charge is 0.383 e. The van der Waals surface area contributed by atoms with Crippen LogP contribution in [0.1, 0.15) is 17.2 Å². The van der Waals surface area contributed by atoms with Crippen molar-refractivity contribution in [2.45, 2.75) is 13.0 Å². The third-order valence-electron chi connectivity index (χ3n) is 2.21. The molecule has 0 aromatic heterocycles. The van der Waals surface area contributed by atoms with Gasteiger partial charge in [0.05, 0.1) is 12.6 Å². The lowest BCUT2D eigenvalue weighted by Gasteiger charge is -2.16. The van der Waals surface area contributed by atoms with E-state index < -0.39 is 0 Å². The van der Waals surface area contributed by atoms with Crippen molar-refractivity contribution in [2.24, 2.45) is 0 Å². The zero-order valence-corrected chi connectivity index (χ0v) is 8.80. The van der Waals surface area contributed by atoms with E-state index in [1.165, 1.54) is 6.07 Å². The smallest absolute Gasteiger partial charge is 0.128 e. The molecule has 0 aliphatic heterocycles. The fourth-order valence-electron chi connectivity index (χ4n) is 1.41. The van der Waals surface area contributed by atoms with Crippen LogP contribution in [0.3, 0.4) is 0 Å². The number of nitrogens with one attached hydrogen (secondary N) is 1. The highest BCUT2D eigenvalue weighted by molar-refractivity contribution is 5.26. The molecule has 0 saturated heterocycles. The number of likely N-dealkylation sites (N-methyl/N-ethyl adjacent to an activating group) is 1. The van der Waals surface area contributed by atoms with Crippen molar-refractivity contribution in [3.05, 3.63) is 35.1 Å². The zero-order valence-electron chi connectivity index (χ0n) is 8.80. The van der Waals surface area contributed by atoms with E-state index in [1.807, 2.05) is 13.0 Å². The first-order valence-electron chi connectivity index (χ1n) is 4.61. The molecule has 14 heavy (non-hydrogen) atoms. The first kappa shape index (κ1) is 11.1. The zero-order chi connectivity index (χ0) is 10.6. The van der Waals surface area contributed by atoms with Crippen molar-refractivity contribution in [3.63, 3.8) is 0 Å². The fraction of sp³-hybridized carbons (Fsp3) is 0.455. The van der Waals surface area contributed by atoms with Crippen molar-refractivity contribution in [3.8, 4) is 0 Å². The Kier molecular flexibility index (Phi) is 4.04. The van der Waals surface area contributed by atoms with Gasteiger partial charge in [-0.05, 0) is 25.6 Å². The van der Waals surface area contributed by atoms with Gasteiger partial charge in [-0.1, -0.05) is 12.1 Å². The summed E-state index contributed by atoms with van der Waals surface area (Å²) in [7, 11) is 3.40. The summed E-state index contributed by atoms with van der Waals surface area (Å²) in [4.78, 5) is 0. The number of hydrogen-bond acceptors (Lipinski definition) is 2. The Labute approximate surface area is 84.1 Å². The van der Waals surface area contributed by atoms with E-state index in [0.717, 1.165) is 5.56 Å². The van der Waals surface area contributed by atoms with E-state index in [4.69, 9.17) is 4.74 Å². The minimum atomic E-state index is -0.179. The molecule has 0 aliphatic carbocycles. The Bertz CT molecular complexity index is 301. The van der Waals surface area contributed by atoms with Gasteiger partial charge >= 0.3 is 0 Å². The van der Waals surface area contributed by atoms with Crippen LogP contribution in [0.15, 0.2) is 18.2 Å². The van der Waals surface area contributed by atoms with Crippen molar-refractivity contribution in [1.82, 2.24) is 5.32 Å². The second-order valence-corrected chi connectivity index (χ2v) is 3.32. The number of benzene rings is 1. The maximum absolute atomic E-state index is 13.5. The first-order valence-corrected chi connectivity index (χ1v) is 4.61. The SMILES string of the molecule is CNC(COC)c1ccc(C)cc1F. The Morgan fingerprint density at radius 3 is 2.71 bits per heavy atom. The van der Waals surface area contributed by atoms with Crippen LogP contribution in [0.2, 0.25) is 0 Å². The van der Waals surface area contributed by atoms with Gasteiger partial charge in [0.1, 0.15) is 5.82 Å². The predicted octanol–water partition coefficient (Wildman–Crippen LogP) is 2.04. The minimum absolute atomic E-state index is 0.0828. The summed E-state index contributed by atoms with van der Waals surface area (Å²) in [6.45, 7) is 2.34. The number of aryl methyl sites for hydroxylation is 1. The summed E-state index contributed by atoms with van der Waals surface area (Å²) in [5.74, 6) is -0.179. The molecule has 0 radical (unpaired) electrons. The Hall–Kier alpha value is -0.930. The van der Waals surface area contributed by atoms with E-state index in [-0.39, 0.29) is 11.9 Å². The second-order valence-electron chi connectivity index (χ2n) is 3.32. The van der Waals surface area contributed by atoms with Gasteiger partial charge in [-0.15, -0.1) is 0 Å². The minimum Gasteiger partial charge on any atom is -0.383 e. The van der Waals surface area contributed by atoms with Gasteiger partial charge in [-0.25, -0.2) is 4.39 Å². The molecule has 1 N–H and O–H groups in total. The third-order valence-corrected chi connectivity index (χ3v) is 2.21. The van der Waals surface area contributed by atoms with Gasteiger partial charge in [0.15, 0.2) is 0 Å². The lowest BCUT2D eigenvalue weighted by atomic mass is 10.1. The maximum Gasteiger partial charge on any atom is 0.128 e. The standard InChI is InChI=1S/C11H16FNO/c1-8-4-5-9(10(12)6-8)11(13-2)7-14-3/h4-6,11,13H,7H2,1-3H3. The summed E-state index contributed by atoms with van der Waals surface area (Å²) in [6, 6.07) is 5.15. The van der Waals surface area contributed by atoms with Crippen LogP contribution >= 0.6 is 0 Å². The lowest BCUT2D eigenvalue weighted by Crippen LogP contribution is -2.22. The summed E-state index contributed by atoms with van der Waals surface area (Å²) in [5, 5.41) is 3.01. The average molecular weight is 197 g/mol. The molecule has 0 bridgehead atoms. The van der Waals surface area contributed by atoms with Crippen LogP contribution in [0.4, 0.5) is 4.39 Å². The molecule has 0 amide bonds. The topological polar surface area (TPSA) is 21.3 Å². The quantitative estimate of drug-likeness (QED) is 0.797. The molecule has 0 aliphatic rings. The highest BCUT2D eigenvalue weighted by Crippen LogP contribution is 2.18. The highest BCUT2D eigenvalue weighted by atomic mass is 19.1. The molecule has 1 aromatic rings. The lowest BCUT2D eigenvalue weighted by molar-refractivity contribution is 0.169. The number of hydrogen-bond donors (Lipinski definition) is 1. The Morgan fingerprint density at radius 1 is 1.50 bits per heavy atom. The van der Waals surface area contributed by atoms with Crippen LogP contribution in [0, 0.1) is 12.7 Å². The van der Waals surface area contributed by atoms with E-state index in [0.29, 0.717) is 12.2 Å². The number of ether oxygens (including phenoxy) is 1. The molecule has 1 unspecified atom stereocenters. The van der Waals surface area contributed by atoms with Crippen LogP contribution in [-0.4, -0.2) is 20.8 Å². The Balaban J connectivity index is 2.92. The summed E-state index contributed by atoms with van der Waals surface area (Å²) < 4.78 is 18.5. The summed E-state index contributed by atoms with van der Waals surface area (Å²) in [6.07, 6.45) is 0. The monoisotopic (exact) mass is 197 g/mol. The molecular formula is C11H16FNO. The molecular weight excluding hydrogens is 181 g/mol. The summed E-state index contributed by atoms with van der Waals surface area (Å²) >= 11 is 0. The number of rotatable bonds is 4. The van der Waals surface area contributed by atoms with E-state index in [2.05, 4.69) is 5.32 Å². The number of halogens is 1. The van der Waals surface area contributed by atoms with Gasteiger partial charge < -0.3 is 10.1 Å². The molecule has 1 atom stereocenters. The second kappa shape index (κ2) is 5.08. The molecule has 2 nitrogen and oxygen atoms in total. The molecule has 0 fully saturated rings. The predicted molar refractivity (Wildman–Crippen MR) is 54.8 cm³/mol. The van der Waals surface area contributed by atoms with Gasteiger partial charge in [0.25, 0.3) is 0 Å². The van der Waals surface area contributed by atoms with Crippen LogP contribution in [0.25, 0.3) is 0 Å². The number of methoxy groups -OCH3 is 1. The van der Waals surface area contributed by atoms with Gasteiger partial charge in [-0.2, -0.15) is 0 Å². The van der Waals surface area contributed by atoms with Gasteiger partial charge in [-0.3, -0.25) is 0 Å². The van der Waals surface area contributed by atoms with Crippen molar-refractivity contribution in [1.29, 1.82) is 0 Å². The third kappa shape index (κ3) is 2.53. The van der Waals surface area contributed by atoms with Gasteiger partial charge in [0.2, 0.25) is 0 Å². The highest BCUT2D eigenvalue weighted by Gasteiger charge is 2.13. The molecule has 3 heteroatoms. The molecule has 78 valence electrons. The van der Waals surface area contributed by atoms with E-state index >= 15 is 0 Å². The van der Waals surface area contributed by atoms with Crippen LogP contribution in [-0.2, 0) is 4.74 Å². The molecule has 1 aromatic carbocycles. The van der Waals surface area contributed by atoms with E-state index in [9.17, 15) is 4.39 Å². The Morgan fingerprint density at radius 2 is 2.21 bits per heavy atom. The maximum atomic E-state index is 13.5. The van der Waals surface area contributed by atoms with Crippen LogP contribution < -0.4 is 5.32 Å². The fourth-order valence-corrected chi connectivity index (χ4v) is 1.41. The molecule has 1 rings (SSSR count). The van der Waals surface area contributed by atoms with Crippen molar-refractivity contribution < 1.29 is 9.13 Å². The molecule has 0 heterocycles. The van der Waals surface area contributed by atoms with E-state index in [1.54, 1.807) is 20.2 Å². The van der Waals surface area contributed by atoms with Crippen LogP contribution in [0.5, 0.6) is 0 Å². The normalized spacial score (nSPS) is 12.9. The summed E-state index contributed by atoms with van der Waals surface area (Å²) in [5.41, 5.74) is 1.58. The van der Waals surface area contributed by atoms with Crippen molar-refractivity contribution in [2.75, 3.05) is 20.8 Å². The molecule has 0 spiro atoms. The first-order chi connectivity index (χ1) is 6.69.